The first-order valence-electron chi connectivity index (χ1n) is 7.07. The number of hydrogen-bond acceptors (Lipinski definition) is 4. The fourth-order valence-corrected chi connectivity index (χ4v) is 2.19. The van der Waals surface area contributed by atoms with Crippen molar-refractivity contribution in [2.24, 2.45) is 0 Å². The van der Waals surface area contributed by atoms with E-state index >= 15 is 0 Å². The highest BCUT2D eigenvalue weighted by Crippen LogP contribution is 2.24. The van der Waals surface area contributed by atoms with E-state index in [-0.39, 0.29) is 11.7 Å². The Morgan fingerprint density at radius 2 is 1.70 bits per heavy atom. The third kappa shape index (κ3) is 3.18. The van der Waals surface area contributed by atoms with E-state index in [4.69, 9.17) is 4.52 Å². The molecule has 23 heavy (non-hydrogen) atoms. The van der Waals surface area contributed by atoms with E-state index in [0.29, 0.717) is 22.6 Å². The molecular weight excluding hydrogens is 292 g/mol. The van der Waals surface area contributed by atoms with Gasteiger partial charge in [0, 0.05) is 16.8 Å². The van der Waals surface area contributed by atoms with Crippen LogP contribution in [0.4, 0.5) is 5.69 Å². The van der Waals surface area contributed by atoms with Crippen LogP contribution in [0.25, 0.3) is 11.3 Å². The van der Waals surface area contributed by atoms with Gasteiger partial charge in [-0.15, -0.1) is 0 Å². The number of aromatic nitrogens is 1. The summed E-state index contributed by atoms with van der Waals surface area (Å²) in [5.74, 6) is 0.0809. The quantitative estimate of drug-likeness (QED) is 0.744. The molecule has 3 rings (SSSR count). The topological polar surface area (TPSA) is 72.2 Å². The van der Waals surface area contributed by atoms with E-state index in [1.165, 1.54) is 13.1 Å². The van der Waals surface area contributed by atoms with Gasteiger partial charge in [0.25, 0.3) is 5.91 Å². The number of rotatable bonds is 4. The van der Waals surface area contributed by atoms with E-state index in [9.17, 15) is 9.59 Å². The van der Waals surface area contributed by atoms with Crippen LogP contribution in [0, 0.1) is 0 Å². The molecule has 0 unspecified atom stereocenters. The number of benzene rings is 2. The maximum atomic E-state index is 12.4. The molecular formula is C18H14N2O3. The predicted octanol–water partition coefficient (Wildman–Crippen LogP) is 3.80. The SMILES string of the molecule is CC(=O)c1ccc(NC(=O)c2cnoc2-c2ccccc2)cc1. The molecule has 0 atom stereocenters. The summed E-state index contributed by atoms with van der Waals surface area (Å²) in [6.07, 6.45) is 1.39. The minimum Gasteiger partial charge on any atom is -0.355 e. The van der Waals surface area contributed by atoms with Crippen molar-refractivity contribution in [3.63, 3.8) is 0 Å². The highest BCUT2D eigenvalue weighted by Gasteiger charge is 2.17. The van der Waals surface area contributed by atoms with Gasteiger partial charge in [-0.05, 0) is 31.2 Å². The number of carbonyl (C=O) groups is 2. The van der Waals surface area contributed by atoms with Crippen molar-refractivity contribution in [1.82, 2.24) is 5.16 Å². The van der Waals surface area contributed by atoms with Crippen molar-refractivity contribution >= 4 is 17.4 Å². The van der Waals surface area contributed by atoms with E-state index in [2.05, 4.69) is 10.5 Å². The Morgan fingerprint density at radius 1 is 1.00 bits per heavy atom. The van der Waals surface area contributed by atoms with Crippen LogP contribution in [-0.4, -0.2) is 16.8 Å². The molecule has 1 heterocycles. The number of anilines is 1. The molecule has 0 aliphatic carbocycles. The van der Waals surface area contributed by atoms with Crippen molar-refractivity contribution < 1.29 is 14.1 Å². The Morgan fingerprint density at radius 3 is 2.35 bits per heavy atom. The van der Waals surface area contributed by atoms with Gasteiger partial charge < -0.3 is 9.84 Å². The summed E-state index contributed by atoms with van der Waals surface area (Å²) in [5.41, 5.74) is 2.33. The Kier molecular flexibility index (Phi) is 4.01. The second kappa shape index (κ2) is 6.27. The van der Waals surface area contributed by atoms with Gasteiger partial charge in [-0.3, -0.25) is 9.59 Å². The minimum absolute atomic E-state index is 0.0201. The van der Waals surface area contributed by atoms with Gasteiger partial charge >= 0.3 is 0 Å². The largest absolute Gasteiger partial charge is 0.355 e. The number of nitrogens with zero attached hydrogens (tertiary/aromatic N) is 1. The number of Topliss-reactive ketones (excluding diaryl/α,β-unsaturated/α-hetero) is 1. The Bertz CT molecular complexity index is 836. The lowest BCUT2D eigenvalue weighted by Crippen LogP contribution is -2.12. The summed E-state index contributed by atoms with van der Waals surface area (Å²) < 4.78 is 5.20. The number of nitrogens with one attached hydrogen (secondary N) is 1. The lowest BCUT2D eigenvalue weighted by atomic mass is 10.1. The van der Waals surface area contributed by atoms with Gasteiger partial charge in [0.15, 0.2) is 11.5 Å². The first kappa shape index (κ1) is 14.7. The van der Waals surface area contributed by atoms with Crippen LogP contribution < -0.4 is 5.32 Å². The van der Waals surface area contributed by atoms with Crippen LogP contribution in [0.15, 0.2) is 65.3 Å². The molecule has 0 fully saturated rings. The van der Waals surface area contributed by atoms with Gasteiger partial charge in [-0.2, -0.15) is 0 Å². The average molecular weight is 306 g/mol. The van der Waals surface area contributed by atoms with Gasteiger partial charge in [0.1, 0.15) is 5.56 Å². The molecule has 2 aromatic carbocycles. The molecule has 0 aliphatic rings. The highest BCUT2D eigenvalue weighted by molar-refractivity contribution is 6.07. The summed E-state index contributed by atoms with van der Waals surface area (Å²) in [7, 11) is 0. The van der Waals surface area contributed by atoms with Crippen molar-refractivity contribution in [3.05, 3.63) is 71.9 Å². The first-order chi connectivity index (χ1) is 11.1. The van der Waals surface area contributed by atoms with Gasteiger partial charge in [0.05, 0.1) is 6.20 Å². The zero-order valence-electron chi connectivity index (χ0n) is 12.4. The van der Waals surface area contributed by atoms with Gasteiger partial charge in [-0.25, -0.2) is 0 Å². The summed E-state index contributed by atoms with van der Waals surface area (Å²) >= 11 is 0. The Labute approximate surface area is 132 Å². The third-order valence-corrected chi connectivity index (χ3v) is 3.40. The van der Waals surface area contributed by atoms with E-state index in [0.717, 1.165) is 5.56 Å². The second-order valence-corrected chi connectivity index (χ2v) is 5.02. The molecule has 1 aromatic heterocycles. The Hall–Kier alpha value is -3.21. The maximum Gasteiger partial charge on any atom is 0.261 e. The van der Waals surface area contributed by atoms with Crippen LogP contribution in [0.1, 0.15) is 27.6 Å². The van der Waals surface area contributed by atoms with Crippen LogP contribution in [0.3, 0.4) is 0 Å². The molecule has 5 nitrogen and oxygen atoms in total. The summed E-state index contributed by atoms with van der Waals surface area (Å²) in [6.45, 7) is 1.50. The fourth-order valence-electron chi connectivity index (χ4n) is 2.19. The zero-order chi connectivity index (χ0) is 16.2. The van der Waals surface area contributed by atoms with E-state index in [1.54, 1.807) is 24.3 Å². The van der Waals surface area contributed by atoms with Gasteiger partial charge in [0.2, 0.25) is 0 Å². The molecule has 0 saturated carbocycles. The average Bonchev–Trinajstić information content (AvgIpc) is 3.06. The number of carbonyl (C=O) groups excluding carboxylic acids is 2. The third-order valence-electron chi connectivity index (χ3n) is 3.40. The van der Waals surface area contributed by atoms with E-state index < -0.39 is 0 Å². The van der Waals surface area contributed by atoms with Crippen molar-refractivity contribution in [3.8, 4) is 11.3 Å². The number of amides is 1. The van der Waals surface area contributed by atoms with Gasteiger partial charge in [-0.1, -0.05) is 35.5 Å². The molecule has 3 aromatic rings. The minimum atomic E-state index is -0.319. The maximum absolute atomic E-state index is 12.4. The van der Waals surface area contributed by atoms with Crippen LogP contribution in [-0.2, 0) is 0 Å². The normalized spacial score (nSPS) is 10.3. The van der Waals surface area contributed by atoms with Crippen molar-refractivity contribution in [2.75, 3.05) is 5.32 Å². The molecule has 1 N–H and O–H groups in total. The van der Waals surface area contributed by atoms with Crippen molar-refractivity contribution in [1.29, 1.82) is 0 Å². The van der Waals surface area contributed by atoms with Crippen LogP contribution in [0.5, 0.6) is 0 Å². The van der Waals surface area contributed by atoms with Crippen molar-refractivity contribution in [2.45, 2.75) is 6.92 Å². The summed E-state index contributed by atoms with van der Waals surface area (Å²) in [6, 6.07) is 16.0. The molecule has 5 heteroatoms. The van der Waals surface area contributed by atoms with E-state index in [1.807, 2.05) is 30.3 Å². The molecule has 0 saturated heterocycles. The molecule has 114 valence electrons. The molecule has 0 bridgehead atoms. The monoisotopic (exact) mass is 306 g/mol. The van der Waals surface area contributed by atoms with Crippen LogP contribution in [0.2, 0.25) is 0 Å². The second-order valence-electron chi connectivity index (χ2n) is 5.02. The smallest absolute Gasteiger partial charge is 0.261 e. The Balaban J connectivity index is 1.82. The van der Waals surface area contributed by atoms with Crippen LogP contribution >= 0.6 is 0 Å². The zero-order valence-corrected chi connectivity index (χ0v) is 12.4. The first-order valence-corrected chi connectivity index (χ1v) is 7.07. The lowest BCUT2D eigenvalue weighted by molar-refractivity contribution is 0.101. The highest BCUT2D eigenvalue weighted by atomic mass is 16.5. The fraction of sp³-hybridized carbons (Fsp3) is 0.0556. The summed E-state index contributed by atoms with van der Waals surface area (Å²) in [5, 5.41) is 6.49. The predicted molar refractivity (Wildman–Crippen MR) is 86.3 cm³/mol. The summed E-state index contributed by atoms with van der Waals surface area (Å²) in [4.78, 5) is 23.7. The number of ketones is 1. The molecule has 0 radical (unpaired) electrons. The number of hydrogen-bond donors (Lipinski definition) is 1. The molecule has 0 spiro atoms. The lowest BCUT2D eigenvalue weighted by Gasteiger charge is -2.05. The molecule has 1 amide bonds. The standard InChI is InChI=1S/C18H14N2O3/c1-12(21)13-7-9-15(10-8-13)20-18(22)16-11-19-23-17(16)14-5-3-2-4-6-14/h2-11H,1H3,(H,20,22). The molecule has 0 aliphatic heterocycles.